The maximum atomic E-state index is 12.3. The molecule has 1 aliphatic rings. The standard InChI is InChI=1S/C6H4BrF6NO2/c7-3-1-2(16-14-3)4(15,5(8,9)10)6(11,12)13/h1-2,14-15H. The molecule has 0 radical (unpaired) electrons. The van der Waals surface area contributed by atoms with E-state index in [1.54, 1.807) is 5.48 Å². The zero-order valence-corrected chi connectivity index (χ0v) is 8.74. The van der Waals surface area contributed by atoms with Crippen molar-refractivity contribution in [1.29, 1.82) is 0 Å². The van der Waals surface area contributed by atoms with Crippen LogP contribution < -0.4 is 5.48 Å². The Bertz CT molecular complexity index is 297. The lowest BCUT2D eigenvalue weighted by molar-refractivity contribution is -0.390. The van der Waals surface area contributed by atoms with Crippen molar-refractivity contribution in [3.05, 3.63) is 10.7 Å². The van der Waals surface area contributed by atoms with E-state index in [9.17, 15) is 26.3 Å². The molecule has 0 aromatic carbocycles. The highest BCUT2D eigenvalue weighted by atomic mass is 79.9. The first kappa shape index (κ1) is 13.6. The Morgan fingerprint density at radius 3 is 1.88 bits per heavy atom. The molecule has 1 rings (SSSR count). The van der Waals surface area contributed by atoms with Crippen molar-refractivity contribution < 1.29 is 36.3 Å². The van der Waals surface area contributed by atoms with Crippen molar-refractivity contribution in [3.8, 4) is 0 Å². The minimum absolute atomic E-state index is 0.232. The van der Waals surface area contributed by atoms with Crippen molar-refractivity contribution in [2.75, 3.05) is 0 Å². The molecule has 94 valence electrons. The first-order chi connectivity index (χ1) is 7.00. The second-order valence-corrected chi connectivity index (χ2v) is 3.77. The summed E-state index contributed by atoms with van der Waals surface area (Å²) >= 11 is 2.58. The first-order valence-electron chi connectivity index (χ1n) is 3.65. The summed E-state index contributed by atoms with van der Waals surface area (Å²) in [5.74, 6) is 0. The largest absolute Gasteiger partial charge is 0.429 e. The Labute approximate surface area is 93.1 Å². The molecule has 2 N–H and O–H groups in total. The molecular weight excluding hydrogens is 312 g/mol. The summed E-state index contributed by atoms with van der Waals surface area (Å²) in [6.45, 7) is 0. The number of hydrogen-bond donors (Lipinski definition) is 2. The Hall–Kier alpha value is -0.480. The third kappa shape index (κ3) is 2.00. The van der Waals surface area contributed by atoms with Crippen molar-refractivity contribution in [1.82, 2.24) is 5.48 Å². The molecule has 0 fully saturated rings. The number of hydrogen-bond acceptors (Lipinski definition) is 3. The van der Waals surface area contributed by atoms with E-state index >= 15 is 0 Å². The summed E-state index contributed by atoms with van der Waals surface area (Å²) in [5, 5.41) is 8.82. The molecule has 0 spiro atoms. The Morgan fingerprint density at radius 2 is 1.62 bits per heavy atom. The topological polar surface area (TPSA) is 41.5 Å². The van der Waals surface area contributed by atoms with E-state index in [4.69, 9.17) is 5.11 Å². The molecule has 0 bridgehead atoms. The van der Waals surface area contributed by atoms with E-state index in [-0.39, 0.29) is 4.61 Å². The van der Waals surface area contributed by atoms with Gasteiger partial charge in [-0.2, -0.15) is 26.3 Å². The highest BCUT2D eigenvalue weighted by Gasteiger charge is 2.75. The number of nitrogens with one attached hydrogen (secondary N) is 1. The molecule has 1 aliphatic heterocycles. The zero-order valence-electron chi connectivity index (χ0n) is 7.16. The van der Waals surface area contributed by atoms with Gasteiger partial charge in [-0.05, 0) is 22.0 Å². The van der Waals surface area contributed by atoms with Gasteiger partial charge in [0.05, 0.1) is 0 Å². The SMILES string of the molecule is OC(C1C=C(Br)NO1)(C(F)(F)F)C(F)(F)F. The molecule has 1 unspecified atom stereocenters. The van der Waals surface area contributed by atoms with Gasteiger partial charge < -0.3 is 5.11 Å². The van der Waals surface area contributed by atoms with Crippen LogP contribution >= 0.6 is 15.9 Å². The van der Waals surface area contributed by atoms with Crippen molar-refractivity contribution in [3.63, 3.8) is 0 Å². The van der Waals surface area contributed by atoms with E-state index in [0.29, 0.717) is 6.08 Å². The molecule has 0 aliphatic carbocycles. The molecule has 0 saturated heterocycles. The van der Waals surface area contributed by atoms with Crippen LogP contribution in [0, 0.1) is 0 Å². The van der Waals surface area contributed by atoms with Gasteiger partial charge in [0.2, 0.25) is 0 Å². The van der Waals surface area contributed by atoms with E-state index in [0.717, 1.165) is 0 Å². The summed E-state index contributed by atoms with van der Waals surface area (Å²) in [4.78, 5) is 4.00. The van der Waals surface area contributed by atoms with Crippen molar-refractivity contribution >= 4 is 15.9 Å². The van der Waals surface area contributed by atoms with Crippen LogP contribution in [-0.4, -0.2) is 29.2 Å². The summed E-state index contributed by atoms with van der Waals surface area (Å²) in [5.41, 5.74) is -3.22. The van der Waals surface area contributed by atoms with Crippen LogP contribution in [0.5, 0.6) is 0 Å². The fourth-order valence-corrected chi connectivity index (χ4v) is 1.34. The van der Waals surface area contributed by atoms with Gasteiger partial charge in [-0.3, -0.25) is 10.3 Å². The van der Waals surface area contributed by atoms with Gasteiger partial charge in [0.25, 0.3) is 5.60 Å². The lowest BCUT2D eigenvalue weighted by Gasteiger charge is -2.34. The van der Waals surface area contributed by atoms with E-state index in [1.807, 2.05) is 0 Å². The van der Waals surface area contributed by atoms with Crippen LogP contribution in [0.3, 0.4) is 0 Å². The molecule has 16 heavy (non-hydrogen) atoms. The predicted octanol–water partition coefficient (Wildman–Crippen LogP) is 1.98. The van der Waals surface area contributed by atoms with Crippen molar-refractivity contribution in [2.24, 2.45) is 0 Å². The number of rotatable bonds is 1. The predicted molar refractivity (Wildman–Crippen MR) is 42.1 cm³/mol. The maximum Gasteiger partial charge on any atom is 0.429 e. The molecule has 3 nitrogen and oxygen atoms in total. The van der Waals surface area contributed by atoms with E-state index in [1.165, 1.54) is 0 Å². The van der Waals surface area contributed by atoms with Crippen molar-refractivity contribution in [2.45, 2.75) is 24.1 Å². The molecule has 0 saturated carbocycles. The van der Waals surface area contributed by atoms with Crippen LogP contribution in [-0.2, 0) is 4.84 Å². The first-order valence-corrected chi connectivity index (χ1v) is 4.44. The molecular formula is C6H4BrF6NO2. The molecule has 0 aromatic heterocycles. The smallest absolute Gasteiger partial charge is 0.371 e. The Balaban J connectivity index is 3.17. The lowest BCUT2D eigenvalue weighted by atomic mass is 9.95. The van der Waals surface area contributed by atoms with E-state index < -0.39 is 24.1 Å². The van der Waals surface area contributed by atoms with Crippen LogP contribution in [0.4, 0.5) is 26.3 Å². The van der Waals surface area contributed by atoms with Gasteiger partial charge in [-0.15, -0.1) is 0 Å². The van der Waals surface area contributed by atoms with Gasteiger partial charge in [0.15, 0.2) is 6.10 Å². The van der Waals surface area contributed by atoms with Crippen LogP contribution in [0.1, 0.15) is 0 Å². The molecule has 0 amide bonds. The highest BCUT2D eigenvalue weighted by molar-refractivity contribution is 9.11. The maximum absolute atomic E-state index is 12.3. The van der Waals surface area contributed by atoms with Gasteiger partial charge in [0, 0.05) is 0 Å². The summed E-state index contributed by atoms with van der Waals surface area (Å²) in [6, 6.07) is 0. The van der Waals surface area contributed by atoms with Gasteiger partial charge in [0.1, 0.15) is 4.61 Å². The number of hydroxylamine groups is 1. The van der Waals surface area contributed by atoms with Gasteiger partial charge in [-0.25, -0.2) is 0 Å². The molecule has 1 heterocycles. The summed E-state index contributed by atoms with van der Waals surface area (Å²) < 4.78 is 73.3. The summed E-state index contributed by atoms with van der Waals surface area (Å²) in [7, 11) is 0. The van der Waals surface area contributed by atoms with Crippen LogP contribution in [0.25, 0.3) is 0 Å². The minimum atomic E-state index is -5.91. The minimum Gasteiger partial charge on any atom is -0.371 e. The molecule has 1 atom stereocenters. The number of halogens is 7. The monoisotopic (exact) mass is 315 g/mol. The Kier molecular flexibility index (Phi) is 3.20. The fourth-order valence-electron chi connectivity index (χ4n) is 1.01. The lowest BCUT2D eigenvalue weighted by Crippen LogP contribution is -2.64. The highest BCUT2D eigenvalue weighted by Crippen LogP contribution is 2.47. The second kappa shape index (κ2) is 3.77. The van der Waals surface area contributed by atoms with Crippen LogP contribution in [0.2, 0.25) is 0 Å². The van der Waals surface area contributed by atoms with Gasteiger partial charge in [-0.1, -0.05) is 0 Å². The zero-order chi connectivity index (χ0) is 12.8. The van der Waals surface area contributed by atoms with Gasteiger partial charge >= 0.3 is 12.4 Å². The average molecular weight is 316 g/mol. The third-order valence-electron chi connectivity index (χ3n) is 1.86. The summed E-state index contributed by atoms with van der Waals surface area (Å²) in [6.07, 6.45) is -14.0. The second-order valence-electron chi connectivity index (χ2n) is 2.92. The number of aliphatic hydroxyl groups is 1. The quantitative estimate of drug-likeness (QED) is 0.574. The normalized spacial score (nSPS) is 23.0. The number of alkyl halides is 6. The third-order valence-corrected chi connectivity index (χ3v) is 2.28. The average Bonchev–Trinajstić information content (AvgIpc) is 2.46. The molecule has 10 heteroatoms. The van der Waals surface area contributed by atoms with E-state index in [2.05, 4.69) is 20.8 Å². The Morgan fingerprint density at radius 1 is 1.19 bits per heavy atom. The fraction of sp³-hybridized carbons (Fsp3) is 0.667. The molecule has 0 aromatic rings. The van der Waals surface area contributed by atoms with Crippen LogP contribution in [0.15, 0.2) is 10.7 Å².